The number of benzene rings is 2. The quantitative estimate of drug-likeness (QED) is 0.255. The summed E-state index contributed by atoms with van der Waals surface area (Å²) in [5, 5.41) is 22.2. The van der Waals surface area contributed by atoms with Crippen LogP contribution >= 0.6 is 11.8 Å². The second-order valence-corrected chi connectivity index (χ2v) is 6.58. The number of hydrogen-bond donors (Lipinski definition) is 2. The van der Waals surface area contributed by atoms with Gasteiger partial charge in [0.15, 0.2) is 0 Å². The zero-order valence-electron chi connectivity index (χ0n) is 14.7. The van der Waals surface area contributed by atoms with Crippen molar-refractivity contribution in [2.24, 2.45) is 0 Å². The molecule has 8 nitrogen and oxygen atoms in total. The minimum atomic E-state index is -4.68. The SMILES string of the molecule is O=C(O)CSc1ccc(C(=O)Nc2ccc(OC(F)(F)C(F)F)cc2)cc1[N+](=O)[O-]. The number of nitrogens with zero attached hydrogens (tertiary/aromatic N) is 1. The first-order valence-electron chi connectivity index (χ1n) is 7.89. The number of carbonyl (C=O) groups is 2. The molecule has 0 aliphatic carbocycles. The van der Waals surface area contributed by atoms with Gasteiger partial charge in [-0.3, -0.25) is 19.7 Å². The number of nitro groups is 1. The molecule has 2 aromatic rings. The van der Waals surface area contributed by atoms with E-state index in [1.54, 1.807) is 0 Å². The summed E-state index contributed by atoms with van der Waals surface area (Å²) in [7, 11) is 0. The summed E-state index contributed by atoms with van der Waals surface area (Å²) in [6.45, 7) is 0. The maximum absolute atomic E-state index is 12.9. The molecular formula is C17H12F4N2O6S. The van der Waals surface area contributed by atoms with Gasteiger partial charge in [0, 0.05) is 17.3 Å². The fraction of sp³-hybridized carbons (Fsp3) is 0.176. The van der Waals surface area contributed by atoms with Crippen molar-refractivity contribution in [2.75, 3.05) is 11.1 Å². The van der Waals surface area contributed by atoms with E-state index in [1.807, 2.05) is 0 Å². The zero-order chi connectivity index (χ0) is 22.5. The van der Waals surface area contributed by atoms with Crippen molar-refractivity contribution < 1.29 is 41.9 Å². The Labute approximate surface area is 170 Å². The summed E-state index contributed by atoms with van der Waals surface area (Å²) in [6, 6.07) is 7.51. The number of anilines is 1. The van der Waals surface area contributed by atoms with E-state index in [4.69, 9.17) is 5.11 Å². The van der Waals surface area contributed by atoms with Crippen LogP contribution in [0.3, 0.4) is 0 Å². The third kappa shape index (κ3) is 6.07. The molecule has 2 aromatic carbocycles. The number of thioether (sulfide) groups is 1. The molecule has 0 spiro atoms. The molecule has 0 aliphatic rings. The average Bonchev–Trinajstić information content (AvgIpc) is 2.67. The van der Waals surface area contributed by atoms with Crippen molar-refractivity contribution in [2.45, 2.75) is 17.4 Å². The van der Waals surface area contributed by atoms with Gasteiger partial charge in [-0.2, -0.15) is 17.6 Å². The Morgan fingerprint density at radius 3 is 2.37 bits per heavy atom. The molecule has 30 heavy (non-hydrogen) atoms. The molecule has 2 N–H and O–H groups in total. The minimum Gasteiger partial charge on any atom is -0.481 e. The van der Waals surface area contributed by atoms with Crippen LogP contribution in [0.1, 0.15) is 10.4 Å². The highest BCUT2D eigenvalue weighted by atomic mass is 32.2. The predicted octanol–water partition coefficient (Wildman–Crippen LogP) is 4.26. The Bertz CT molecular complexity index is 956. The Hall–Kier alpha value is -3.35. The maximum Gasteiger partial charge on any atom is 0.461 e. The van der Waals surface area contributed by atoms with E-state index in [-0.39, 0.29) is 16.1 Å². The van der Waals surface area contributed by atoms with Crippen molar-refractivity contribution >= 4 is 35.0 Å². The number of carboxylic acid groups (broad SMARTS) is 1. The summed E-state index contributed by atoms with van der Waals surface area (Å²) in [6.07, 6.45) is -8.70. The van der Waals surface area contributed by atoms with Gasteiger partial charge in [-0.25, -0.2) is 0 Å². The molecule has 0 saturated carbocycles. The molecule has 0 aliphatic heterocycles. The molecule has 0 heterocycles. The summed E-state index contributed by atoms with van der Waals surface area (Å²) in [5.41, 5.74) is -0.502. The minimum absolute atomic E-state index is 0.0559. The van der Waals surface area contributed by atoms with Crippen molar-refractivity contribution in [3.63, 3.8) is 0 Å². The summed E-state index contributed by atoms with van der Waals surface area (Å²) < 4.78 is 53.9. The number of halogens is 4. The van der Waals surface area contributed by atoms with E-state index in [0.29, 0.717) is 11.8 Å². The number of nitro benzene ring substituents is 1. The van der Waals surface area contributed by atoms with E-state index < -0.39 is 46.5 Å². The lowest BCUT2D eigenvalue weighted by molar-refractivity contribution is -0.387. The number of carbonyl (C=O) groups excluding carboxylic acids is 1. The first-order chi connectivity index (χ1) is 14.0. The van der Waals surface area contributed by atoms with E-state index in [2.05, 4.69) is 10.1 Å². The molecule has 0 radical (unpaired) electrons. The number of ether oxygens (including phenoxy) is 1. The van der Waals surface area contributed by atoms with Crippen LogP contribution in [0.15, 0.2) is 47.4 Å². The lowest BCUT2D eigenvalue weighted by Gasteiger charge is -2.16. The number of rotatable bonds is 9. The number of hydrogen-bond acceptors (Lipinski definition) is 6. The Balaban J connectivity index is 2.12. The molecule has 0 atom stereocenters. The lowest BCUT2D eigenvalue weighted by Crippen LogP contribution is -2.33. The highest BCUT2D eigenvalue weighted by Gasteiger charge is 2.43. The van der Waals surface area contributed by atoms with Gasteiger partial charge in [-0.1, -0.05) is 0 Å². The van der Waals surface area contributed by atoms with Crippen LogP contribution in [0.5, 0.6) is 5.75 Å². The molecule has 0 aromatic heterocycles. The maximum atomic E-state index is 12.9. The fourth-order valence-electron chi connectivity index (χ4n) is 2.07. The molecule has 1 amide bonds. The topological polar surface area (TPSA) is 119 Å². The summed E-state index contributed by atoms with van der Waals surface area (Å²) in [5.74, 6) is -2.92. The van der Waals surface area contributed by atoms with Gasteiger partial charge in [0.1, 0.15) is 5.75 Å². The number of nitrogens with one attached hydrogen (secondary N) is 1. The van der Waals surface area contributed by atoms with Crippen molar-refractivity contribution in [3.05, 3.63) is 58.1 Å². The van der Waals surface area contributed by atoms with E-state index in [1.165, 1.54) is 12.1 Å². The highest BCUT2D eigenvalue weighted by Crippen LogP contribution is 2.31. The Kier molecular flexibility index (Phi) is 7.21. The van der Waals surface area contributed by atoms with Gasteiger partial charge in [0.05, 0.1) is 15.6 Å². The van der Waals surface area contributed by atoms with Crippen LogP contribution in [0, 0.1) is 10.1 Å². The van der Waals surface area contributed by atoms with Crippen LogP contribution in [0.4, 0.5) is 28.9 Å². The van der Waals surface area contributed by atoms with E-state index >= 15 is 0 Å². The van der Waals surface area contributed by atoms with Crippen LogP contribution in [0.2, 0.25) is 0 Å². The van der Waals surface area contributed by atoms with Gasteiger partial charge in [0.25, 0.3) is 11.6 Å². The first-order valence-corrected chi connectivity index (χ1v) is 8.87. The number of amides is 1. The Morgan fingerprint density at radius 1 is 1.20 bits per heavy atom. The Morgan fingerprint density at radius 2 is 1.83 bits per heavy atom. The zero-order valence-corrected chi connectivity index (χ0v) is 15.5. The molecular weight excluding hydrogens is 436 g/mol. The second kappa shape index (κ2) is 9.43. The van der Waals surface area contributed by atoms with E-state index in [9.17, 15) is 37.3 Å². The second-order valence-electron chi connectivity index (χ2n) is 5.57. The van der Waals surface area contributed by atoms with Gasteiger partial charge in [0.2, 0.25) is 0 Å². The van der Waals surface area contributed by atoms with Gasteiger partial charge in [-0.15, -0.1) is 11.8 Å². The van der Waals surface area contributed by atoms with Crippen LogP contribution in [-0.4, -0.2) is 40.2 Å². The summed E-state index contributed by atoms with van der Waals surface area (Å²) in [4.78, 5) is 33.4. The molecule has 13 heteroatoms. The monoisotopic (exact) mass is 448 g/mol. The average molecular weight is 448 g/mol. The molecule has 160 valence electrons. The molecule has 0 saturated heterocycles. The third-order valence-corrected chi connectivity index (χ3v) is 4.44. The van der Waals surface area contributed by atoms with Crippen LogP contribution < -0.4 is 10.1 Å². The van der Waals surface area contributed by atoms with Crippen LogP contribution in [-0.2, 0) is 4.79 Å². The van der Waals surface area contributed by atoms with Crippen LogP contribution in [0.25, 0.3) is 0 Å². The molecule has 2 rings (SSSR count). The third-order valence-electron chi connectivity index (χ3n) is 3.39. The largest absolute Gasteiger partial charge is 0.481 e. The van der Waals surface area contributed by atoms with E-state index in [0.717, 1.165) is 30.3 Å². The molecule has 0 unspecified atom stereocenters. The van der Waals surface area contributed by atoms with Gasteiger partial charge in [-0.05, 0) is 36.4 Å². The standard InChI is InChI=1S/C17H12F4N2O6S/c18-16(19)17(20,21)29-11-4-2-10(3-5-11)22-15(26)9-1-6-13(30-8-14(24)25)12(7-9)23(27)28/h1-7,16H,8H2,(H,22,26)(H,24,25). The smallest absolute Gasteiger partial charge is 0.461 e. The first kappa shape index (κ1) is 22.9. The molecule has 0 bridgehead atoms. The predicted molar refractivity (Wildman–Crippen MR) is 97.4 cm³/mol. The highest BCUT2D eigenvalue weighted by molar-refractivity contribution is 8.00. The van der Waals surface area contributed by atoms with Crippen molar-refractivity contribution in [1.29, 1.82) is 0 Å². The van der Waals surface area contributed by atoms with Gasteiger partial charge >= 0.3 is 18.5 Å². The number of alkyl halides is 4. The fourth-order valence-corrected chi connectivity index (χ4v) is 2.80. The van der Waals surface area contributed by atoms with Crippen molar-refractivity contribution in [3.8, 4) is 5.75 Å². The number of aliphatic carboxylic acids is 1. The molecule has 0 fully saturated rings. The number of carboxylic acids is 1. The van der Waals surface area contributed by atoms with Gasteiger partial charge < -0.3 is 15.2 Å². The van der Waals surface area contributed by atoms with Crippen molar-refractivity contribution in [1.82, 2.24) is 0 Å². The lowest BCUT2D eigenvalue weighted by atomic mass is 10.2. The summed E-state index contributed by atoms with van der Waals surface area (Å²) >= 11 is 0.714. The normalized spacial score (nSPS) is 11.2.